The van der Waals surface area contributed by atoms with Crippen LogP contribution in [0.15, 0.2) is 57.9 Å². The fourth-order valence-corrected chi connectivity index (χ4v) is 3.64. The van der Waals surface area contributed by atoms with Crippen molar-refractivity contribution in [3.05, 3.63) is 76.0 Å². The SMILES string of the molecule is CCCSOOc1ccccc1CCc1nc(Nc2ccc3[nH]c(=O)oc3c2)ncc1C(F)(F)F. The number of alkyl halides is 3. The van der Waals surface area contributed by atoms with Crippen molar-refractivity contribution >= 4 is 34.8 Å². The average Bonchev–Trinajstić information content (AvgIpc) is 3.20. The summed E-state index contributed by atoms with van der Waals surface area (Å²) in [6, 6.07) is 11.7. The number of hydrogen-bond donors (Lipinski definition) is 2. The van der Waals surface area contributed by atoms with Crippen molar-refractivity contribution in [2.45, 2.75) is 32.4 Å². The first-order valence-electron chi connectivity index (χ1n) is 10.7. The first-order chi connectivity index (χ1) is 16.8. The predicted molar refractivity (Wildman–Crippen MR) is 125 cm³/mol. The van der Waals surface area contributed by atoms with Crippen LogP contribution >= 0.6 is 12.0 Å². The molecule has 0 amide bonds. The molecule has 35 heavy (non-hydrogen) atoms. The molecule has 2 heterocycles. The highest BCUT2D eigenvalue weighted by molar-refractivity contribution is 7.94. The third-order valence-corrected chi connectivity index (χ3v) is 5.65. The van der Waals surface area contributed by atoms with Gasteiger partial charge in [-0.2, -0.15) is 13.2 Å². The van der Waals surface area contributed by atoms with E-state index in [4.69, 9.17) is 13.6 Å². The van der Waals surface area contributed by atoms with Crippen LogP contribution in [0, 0.1) is 0 Å². The number of H-pyrrole nitrogens is 1. The van der Waals surface area contributed by atoms with Crippen molar-refractivity contribution in [2.24, 2.45) is 0 Å². The number of hydrogen-bond acceptors (Lipinski definition) is 8. The molecule has 2 aromatic heterocycles. The molecule has 2 aromatic carbocycles. The second-order valence-electron chi connectivity index (χ2n) is 7.48. The zero-order chi connectivity index (χ0) is 24.8. The summed E-state index contributed by atoms with van der Waals surface area (Å²) in [5.41, 5.74) is 0.837. The van der Waals surface area contributed by atoms with E-state index in [2.05, 4.69) is 20.3 Å². The van der Waals surface area contributed by atoms with Crippen LogP contribution in [0.5, 0.6) is 5.75 Å². The molecule has 184 valence electrons. The van der Waals surface area contributed by atoms with Gasteiger partial charge in [0.05, 0.1) is 16.8 Å². The molecule has 0 saturated heterocycles. The number of rotatable bonds is 10. The number of aromatic nitrogens is 3. The minimum absolute atomic E-state index is 0.0137. The normalized spacial score (nSPS) is 11.7. The van der Waals surface area contributed by atoms with Gasteiger partial charge in [-0.1, -0.05) is 25.1 Å². The predicted octanol–water partition coefficient (Wildman–Crippen LogP) is 5.83. The third-order valence-electron chi connectivity index (χ3n) is 4.91. The van der Waals surface area contributed by atoms with E-state index in [1.807, 2.05) is 6.92 Å². The lowest BCUT2D eigenvalue weighted by atomic mass is 10.0. The van der Waals surface area contributed by atoms with Crippen molar-refractivity contribution in [3.8, 4) is 5.75 Å². The Labute approximate surface area is 202 Å². The Morgan fingerprint density at radius 2 is 2.00 bits per heavy atom. The van der Waals surface area contributed by atoms with Crippen LogP contribution in [0.4, 0.5) is 24.8 Å². The Hall–Kier alpha value is -3.51. The van der Waals surface area contributed by atoms with Gasteiger partial charge in [0.15, 0.2) is 11.3 Å². The summed E-state index contributed by atoms with van der Waals surface area (Å²) >= 11 is 1.16. The Morgan fingerprint density at radius 1 is 1.17 bits per heavy atom. The largest absolute Gasteiger partial charge is 0.419 e. The van der Waals surface area contributed by atoms with Gasteiger partial charge in [-0.3, -0.25) is 4.98 Å². The van der Waals surface area contributed by atoms with Crippen LogP contribution in [0.3, 0.4) is 0 Å². The zero-order valence-electron chi connectivity index (χ0n) is 18.5. The van der Waals surface area contributed by atoms with Gasteiger partial charge in [0.1, 0.15) is 0 Å². The maximum absolute atomic E-state index is 13.6. The van der Waals surface area contributed by atoms with Gasteiger partial charge in [-0.05, 0) is 43.0 Å². The third kappa shape index (κ3) is 6.34. The van der Waals surface area contributed by atoms with E-state index in [-0.39, 0.29) is 24.5 Å². The zero-order valence-corrected chi connectivity index (χ0v) is 19.3. The molecule has 8 nitrogen and oxygen atoms in total. The standard InChI is InChI=1S/C23H21F3N4O4S/c1-2-11-35-34-33-19-6-4-3-5-14(19)7-9-17-16(23(24,25)26)13-27-21(29-17)28-15-8-10-18-20(12-15)32-22(31)30-18/h3-6,8,10,12-13H,2,7,9,11H2,1H3,(H,30,31)(H,27,28,29). The van der Waals surface area contributed by atoms with Gasteiger partial charge in [-0.15, -0.1) is 4.33 Å². The first kappa shape index (κ1) is 24.6. The fourth-order valence-electron chi connectivity index (χ4n) is 3.28. The second-order valence-corrected chi connectivity index (χ2v) is 8.26. The van der Waals surface area contributed by atoms with E-state index in [1.165, 1.54) is 6.07 Å². The van der Waals surface area contributed by atoms with E-state index in [9.17, 15) is 18.0 Å². The van der Waals surface area contributed by atoms with Crippen molar-refractivity contribution in [1.29, 1.82) is 0 Å². The summed E-state index contributed by atoms with van der Waals surface area (Å²) < 4.78 is 51.0. The maximum Gasteiger partial charge on any atom is 0.419 e. The molecule has 0 saturated carbocycles. The lowest BCUT2D eigenvalue weighted by Gasteiger charge is -2.14. The lowest BCUT2D eigenvalue weighted by molar-refractivity contribution is -0.138. The lowest BCUT2D eigenvalue weighted by Crippen LogP contribution is -2.14. The number of para-hydroxylation sites is 1. The van der Waals surface area contributed by atoms with Gasteiger partial charge < -0.3 is 14.6 Å². The van der Waals surface area contributed by atoms with Crippen molar-refractivity contribution in [2.75, 3.05) is 11.1 Å². The molecule has 4 rings (SSSR count). The number of aryl methyl sites for hydroxylation is 2. The van der Waals surface area contributed by atoms with Gasteiger partial charge in [0, 0.05) is 35.7 Å². The molecule has 2 N–H and O–H groups in total. The number of halogens is 3. The van der Waals surface area contributed by atoms with Crippen LogP contribution < -0.4 is 16.0 Å². The topological polar surface area (TPSA) is 102 Å². The molecule has 0 fully saturated rings. The summed E-state index contributed by atoms with van der Waals surface area (Å²) in [6.07, 6.45) is -2.73. The molecular formula is C23H21F3N4O4S. The number of nitrogens with one attached hydrogen (secondary N) is 2. The Bertz CT molecular complexity index is 1360. The highest BCUT2D eigenvalue weighted by Gasteiger charge is 2.35. The molecule has 4 aromatic rings. The smallest absolute Gasteiger partial charge is 0.408 e. The van der Waals surface area contributed by atoms with Crippen LogP contribution in [0.1, 0.15) is 30.2 Å². The number of oxazole rings is 1. The Balaban J connectivity index is 1.54. The molecule has 0 atom stereocenters. The first-order valence-corrected chi connectivity index (χ1v) is 11.6. The second kappa shape index (κ2) is 10.8. The van der Waals surface area contributed by atoms with Gasteiger partial charge in [0.2, 0.25) is 5.95 Å². The Morgan fingerprint density at radius 3 is 2.80 bits per heavy atom. The van der Waals surface area contributed by atoms with Gasteiger partial charge in [0.25, 0.3) is 0 Å². The maximum atomic E-state index is 13.6. The van der Waals surface area contributed by atoms with Crippen LogP contribution in [-0.2, 0) is 23.4 Å². The van der Waals surface area contributed by atoms with Crippen LogP contribution in [0.25, 0.3) is 11.1 Å². The molecule has 0 spiro atoms. The van der Waals surface area contributed by atoms with E-state index in [0.717, 1.165) is 30.4 Å². The molecule has 0 bridgehead atoms. The van der Waals surface area contributed by atoms with E-state index in [0.29, 0.717) is 28.1 Å². The molecule has 0 unspecified atom stereocenters. The van der Waals surface area contributed by atoms with Crippen molar-refractivity contribution < 1.29 is 26.8 Å². The summed E-state index contributed by atoms with van der Waals surface area (Å²) in [4.78, 5) is 27.1. The molecule has 0 radical (unpaired) electrons. The van der Waals surface area contributed by atoms with Gasteiger partial charge >= 0.3 is 11.9 Å². The average molecular weight is 507 g/mol. The van der Waals surface area contributed by atoms with Crippen molar-refractivity contribution in [3.63, 3.8) is 0 Å². The van der Waals surface area contributed by atoms with E-state index >= 15 is 0 Å². The minimum atomic E-state index is -4.61. The summed E-state index contributed by atoms with van der Waals surface area (Å²) in [6.45, 7) is 2.00. The van der Waals surface area contributed by atoms with Gasteiger partial charge in [-0.25, -0.2) is 14.8 Å². The molecule has 12 heteroatoms. The van der Waals surface area contributed by atoms with Crippen LogP contribution in [-0.4, -0.2) is 20.7 Å². The number of fused-ring (bicyclic) bond motifs is 1. The van der Waals surface area contributed by atoms with E-state index < -0.39 is 17.5 Å². The Kier molecular flexibility index (Phi) is 7.61. The number of aromatic amines is 1. The highest BCUT2D eigenvalue weighted by atomic mass is 32.2. The van der Waals surface area contributed by atoms with Crippen LogP contribution in [0.2, 0.25) is 0 Å². The number of benzene rings is 2. The minimum Gasteiger partial charge on any atom is -0.408 e. The number of anilines is 2. The summed E-state index contributed by atoms with van der Waals surface area (Å²) in [5.74, 6) is 0.549. The fraction of sp³-hybridized carbons (Fsp3) is 0.261. The molecular weight excluding hydrogens is 485 g/mol. The molecule has 0 aliphatic carbocycles. The number of nitrogens with zero attached hydrogens (tertiary/aromatic N) is 2. The van der Waals surface area contributed by atoms with Crippen molar-refractivity contribution in [1.82, 2.24) is 15.0 Å². The highest BCUT2D eigenvalue weighted by Crippen LogP contribution is 2.33. The quantitative estimate of drug-likeness (QED) is 0.120. The molecule has 0 aliphatic heterocycles. The monoisotopic (exact) mass is 506 g/mol. The van der Waals surface area contributed by atoms with E-state index in [1.54, 1.807) is 36.4 Å². The molecule has 0 aliphatic rings. The summed E-state index contributed by atoms with van der Waals surface area (Å²) in [5, 5.41) is 2.86. The summed E-state index contributed by atoms with van der Waals surface area (Å²) in [7, 11) is 0.